The maximum Gasteiger partial charge on any atom is 0.315 e. The number of fused-ring (bicyclic) bond motifs is 1. The van der Waals surface area contributed by atoms with Gasteiger partial charge < -0.3 is 20.3 Å². The largest absolute Gasteiger partial charge is 0.493 e. The molecule has 3 heterocycles. The predicted molar refractivity (Wildman–Crippen MR) is 113 cm³/mol. The van der Waals surface area contributed by atoms with Crippen LogP contribution in [0.2, 0.25) is 0 Å². The lowest BCUT2D eigenvalue weighted by atomic mass is 10.0. The minimum absolute atomic E-state index is 0.0298. The van der Waals surface area contributed by atoms with Gasteiger partial charge in [-0.1, -0.05) is 22.0 Å². The molecule has 2 aliphatic rings. The van der Waals surface area contributed by atoms with Crippen molar-refractivity contribution in [3.05, 3.63) is 52.1 Å². The van der Waals surface area contributed by atoms with Gasteiger partial charge in [0.1, 0.15) is 11.6 Å². The SMILES string of the molecule is Cc1cccc(N2CCC(NC(=O)NC3CCOc4ccc(Br)cc43)CC2)n1. The van der Waals surface area contributed by atoms with Gasteiger partial charge in [-0.15, -0.1) is 0 Å². The topological polar surface area (TPSA) is 66.5 Å². The molecule has 1 unspecified atom stereocenters. The molecule has 1 aromatic heterocycles. The van der Waals surface area contributed by atoms with E-state index in [4.69, 9.17) is 4.74 Å². The summed E-state index contributed by atoms with van der Waals surface area (Å²) >= 11 is 3.50. The highest BCUT2D eigenvalue weighted by molar-refractivity contribution is 9.10. The summed E-state index contributed by atoms with van der Waals surface area (Å²) in [6.07, 6.45) is 2.60. The van der Waals surface area contributed by atoms with E-state index in [1.54, 1.807) is 0 Å². The molecule has 4 rings (SSSR count). The van der Waals surface area contributed by atoms with E-state index in [2.05, 4.69) is 36.4 Å². The highest BCUT2D eigenvalue weighted by atomic mass is 79.9. The number of urea groups is 1. The summed E-state index contributed by atoms with van der Waals surface area (Å²) in [7, 11) is 0. The first-order valence-corrected chi connectivity index (χ1v) is 10.6. The zero-order valence-electron chi connectivity index (χ0n) is 16.0. The fourth-order valence-corrected chi connectivity index (χ4v) is 4.24. The summed E-state index contributed by atoms with van der Waals surface area (Å²) in [6, 6.07) is 12.1. The number of hydrogen-bond donors (Lipinski definition) is 2. The van der Waals surface area contributed by atoms with E-state index in [0.29, 0.717) is 6.61 Å². The Kier molecular flexibility index (Phi) is 5.71. The van der Waals surface area contributed by atoms with Gasteiger partial charge in [-0.25, -0.2) is 9.78 Å². The number of nitrogens with zero attached hydrogens (tertiary/aromatic N) is 2. The average Bonchev–Trinajstić information content (AvgIpc) is 2.69. The van der Waals surface area contributed by atoms with Crippen LogP contribution in [0.4, 0.5) is 10.6 Å². The fraction of sp³-hybridized carbons (Fsp3) is 0.429. The first-order chi connectivity index (χ1) is 13.6. The Balaban J connectivity index is 1.31. The van der Waals surface area contributed by atoms with Crippen LogP contribution in [0.5, 0.6) is 5.75 Å². The zero-order chi connectivity index (χ0) is 19.5. The molecule has 1 saturated heterocycles. The Morgan fingerprint density at radius 1 is 1.18 bits per heavy atom. The van der Waals surface area contributed by atoms with E-state index in [-0.39, 0.29) is 18.1 Å². The highest BCUT2D eigenvalue weighted by Gasteiger charge is 2.26. The molecule has 0 spiro atoms. The maximum absolute atomic E-state index is 12.6. The van der Waals surface area contributed by atoms with Crippen molar-refractivity contribution < 1.29 is 9.53 Å². The van der Waals surface area contributed by atoms with Gasteiger partial charge in [0, 0.05) is 41.3 Å². The van der Waals surface area contributed by atoms with E-state index in [9.17, 15) is 4.79 Å². The first-order valence-electron chi connectivity index (χ1n) is 9.76. The van der Waals surface area contributed by atoms with E-state index >= 15 is 0 Å². The molecule has 28 heavy (non-hydrogen) atoms. The molecular formula is C21H25BrN4O2. The average molecular weight is 445 g/mol. The second-order valence-electron chi connectivity index (χ2n) is 7.39. The number of amides is 2. The minimum Gasteiger partial charge on any atom is -0.493 e. The number of anilines is 1. The number of benzene rings is 1. The van der Waals surface area contributed by atoms with Gasteiger partial charge >= 0.3 is 6.03 Å². The van der Waals surface area contributed by atoms with Crippen molar-refractivity contribution >= 4 is 27.8 Å². The number of hydrogen-bond acceptors (Lipinski definition) is 4. The number of rotatable bonds is 3. The number of carbonyl (C=O) groups excluding carboxylic acids is 1. The lowest BCUT2D eigenvalue weighted by Gasteiger charge is -2.34. The molecule has 2 aliphatic heterocycles. The van der Waals surface area contributed by atoms with Crippen molar-refractivity contribution in [2.75, 3.05) is 24.6 Å². The first kappa shape index (κ1) is 19.1. The van der Waals surface area contributed by atoms with Crippen LogP contribution in [-0.4, -0.2) is 36.8 Å². The Morgan fingerprint density at radius 3 is 2.79 bits per heavy atom. The van der Waals surface area contributed by atoms with Crippen LogP contribution in [0.25, 0.3) is 0 Å². The summed E-state index contributed by atoms with van der Waals surface area (Å²) < 4.78 is 6.69. The lowest BCUT2D eigenvalue weighted by molar-refractivity contribution is 0.218. The molecule has 7 heteroatoms. The van der Waals surface area contributed by atoms with Crippen LogP contribution < -0.4 is 20.3 Å². The third-order valence-corrected chi connectivity index (χ3v) is 5.84. The molecule has 0 bridgehead atoms. The van der Waals surface area contributed by atoms with Crippen molar-refractivity contribution in [1.82, 2.24) is 15.6 Å². The van der Waals surface area contributed by atoms with E-state index in [1.165, 1.54) is 0 Å². The van der Waals surface area contributed by atoms with Crippen molar-refractivity contribution in [1.29, 1.82) is 0 Å². The van der Waals surface area contributed by atoms with E-state index in [0.717, 1.165) is 59.6 Å². The van der Waals surface area contributed by atoms with Gasteiger partial charge in [0.15, 0.2) is 0 Å². The van der Waals surface area contributed by atoms with Crippen LogP contribution in [-0.2, 0) is 0 Å². The van der Waals surface area contributed by atoms with Crippen molar-refractivity contribution in [3.63, 3.8) is 0 Å². The Morgan fingerprint density at radius 2 is 2.00 bits per heavy atom. The molecule has 1 fully saturated rings. The standard InChI is InChI=1S/C21H25BrN4O2/c1-14-3-2-4-20(23-14)26-10-7-16(8-11-26)24-21(27)25-18-9-12-28-19-6-5-15(22)13-17(18)19/h2-6,13,16,18H,7-12H2,1H3,(H2,24,25,27). The fourth-order valence-electron chi connectivity index (χ4n) is 3.86. The number of ether oxygens (including phenoxy) is 1. The van der Waals surface area contributed by atoms with Gasteiger partial charge in [0.05, 0.1) is 12.6 Å². The third-order valence-electron chi connectivity index (χ3n) is 5.34. The van der Waals surface area contributed by atoms with Gasteiger partial charge in [-0.05, 0) is 50.1 Å². The number of piperidine rings is 1. The molecule has 0 aliphatic carbocycles. The maximum atomic E-state index is 12.6. The summed E-state index contributed by atoms with van der Waals surface area (Å²) in [5.41, 5.74) is 2.05. The van der Waals surface area contributed by atoms with Gasteiger partial charge in [0.25, 0.3) is 0 Å². The molecule has 2 N–H and O–H groups in total. The second-order valence-corrected chi connectivity index (χ2v) is 8.30. The summed E-state index contributed by atoms with van der Waals surface area (Å²) in [6.45, 7) is 4.42. The van der Waals surface area contributed by atoms with E-state index < -0.39 is 0 Å². The molecule has 1 aromatic carbocycles. The molecule has 2 aromatic rings. The zero-order valence-corrected chi connectivity index (χ0v) is 17.5. The lowest BCUT2D eigenvalue weighted by Crippen LogP contribution is -2.49. The number of aromatic nitrogens is 1. The van der Waals surface area contributed by atoms with Gasteiger partial charge in [-0.2, -0.15) is 0 Å². The summed E-state index contributed by atoms with van der Waals surface area (Å²) in [5.74, 6) is 1.87. The summed E-state index contributed by atoms with van der Waals surface area (Å²) in [4.78, 5) is 19.5. The summed E-state index contributed by atoms with van der Waals surface area (Å²) in [5, 5.41) is 6.27. The molecule has 1 atom stereocenters. The van der Waals surface area contributed by atoms with Crippen molar-refractivity contribution in [2.24, 2.45) is 0 Å². The van der Waals surface area contributed by atoms with Crippen LogP contribution in [0, 0.1) is 6.92 Å². The quantitative estimate of drug-likeness (QED) is 0.751. The molecule has 2 amide bonds. The second kappa shape index (κ2) is 8.39. The van der Waals surface area contributed by atoms with Crippen molar-refractivity contribution in [2.45, 2.75) is 38.3 Å². The molecule has 0 radical (unpaired) electrons. The Labute approximate surface area is 173 Å². The highest BCUT2D eigenvalue weighted by Crippen LogP contribution is 2.34. The number of aryl methyl sites for hydroxylation is 1. The number of pyridine rings is 1. The number of nitrogens with one attached hydrogen (secondary N) is 2. The monoisotopic (exact) mass is 444 g/mol. The van der Waals surface area contributed by atoms with Crippen LogP contribution in [0.15, 0.2) is 40.9 Å². The number of carbonyl (C=O) groups is 1. The Hall–Kier alpha value is -2.28. The smallest absolute Gasteiger partial charge is 0.315 e. The number of halogens is 1. The van der Waals surface area contributed by atoms with Crippen LogP contribution >= 0.6 is 15.9 Å². The molecular weight excluding hydrogens is 420 g/mol. The van der Waals surface area contributed by atoms with Crippen LogP contribution in [0.1, 0.15) is 36.6 Å². The predicted octanol–water partition coefficient (Wildman–Crippen LogP) is 3.94. The van der Waals surface area contributed by atoms with Crippen LogP contribution in [0.3, 0.4) is 0 Å². The Bertz CT molecular complexity index is 852. The van der Waals surface area contributed by atoms with Gasteiger partial charge in [-0.3, -0.25) is 0 Å². The molecule has 0 saturated carbocycles. The molecule has 148 valence electrons. The van der Waals surface area contributed by atoms with Gasteiger partial charge in [0.2, 0.25) is 0 Å². The normalized spacial score (nSPS) is 19.5. The minimum atomic E-state index is -0.107. The van der Waals surface area contributed by atoms with Crippen molar-refractivity contribution in [3.8, 4) is 5.75 Å². The molecule has 6 nitrogen and oxygen atoms in total. The third kappa shape index (κ3) is 4.41. The van der Waals surface area contributed by atoms with E-state index in [1.807, 2.05) is 43.3 Å².